The molecule has 1 aromatic carbocycles. The van der Waals surface area contributed by atoms with Crippen molar-refractivity contribution in [3.63, 3.8) is 0 Å². The average molecular weight is 331 g/mol. The predicted octanol–water partition coefficient (Wildman–Crippen LogP) is 3.89. The number of hydrogen-bond donors (Lipinski definition) is 0. The average Bonchev–Trinajstić information content (AvgIpc) is 2.83. The summed E-state index contributed by atoms with van der Waals surface area (Å²) in [5, 5.41) is 0. The number of benzene rings is 1. The Morgan fingerprint density at radius 2 is 1.90 bits per heavy atom. The molecule has 0 aliphatic rings. The van der Waals surface area contributed by atoms with E-state index in [1.807, 2.05) is 24.3 Å². The number of fused-ring (bicyclic) bond motifs is 1. The van der Waals surface area contributed by atoms with Gasteiger partial charge < -0.3 is 9.14 Å². The Morgan fingerprint density at radius 1 is 1.10 bits per heavy atom. The fourth-order valence-corrected chi connectivity index (χ4v) is 2.81. The molecule has 0 unspecified atom stereocenters. The van der Waals surface area contributed by atoms with E-state index in [1.165, 1.54) is 5.56 Å². The minimum absolute atomic E-state index is 0.891. The third-order valence-electron chi connectivity index (χ3n) is 3.37. The highest BCUT2D eigenvalue weighted by Gasteiger charge is 2.08. The van der Waals surface area contributed by atoms with Crippen LogP contribution in [0.2, 0.25) is 0 Å². The minimum atomic E-state index is 0.891. The van der Waals surface area contributed by atoms with E-state index in [0.717, 1.165) is 34.5 Å². The van der Waals surface area contributed by atoms with Crippen LogP contribution in [-0.2, 0) is 12.8 Å². The number of imidazole rings is 1. The molecule has 0 radical (unpaired) electrons. The Hall–Kier alpha value is -1.81. The van der Waals surface area contributed by atoms with E-state index in [-0.39, 0.29) is 0 Å². The molecule has 2 aromatic heterocycles. The van der Waals surface area contributed by atoms with Gasteiger partial charge in [-0.15, -0.1) is 0 Å². The fourth-order valence-electron chi connectivity index (χ4n) is 2.29. The van der Waals surface area contributed by atoms with Gasteiger partial charge >= 0.3 is 0 Å². The van der Waals surface area contributed by atoms with Gasteiger partial charge in [-0.25, -0.2) is 4.98 Å². The minimum Gasteiger partial charge on any atom is -0.497 e. The fraction of sp³-hybridized carbons (Fsp3) is 0.188. The first-order valence-corrected chi connectivity index (χ1v) is 7.31. The van der Waals surface area contributed by atoms with Crippen molar-refractivity contribution in [2.24, 2.45) is 0 Å². The van der Waals surface area contributed by atoms with Crippen molar-refractivity contribution >= 4 is 21.4 Å². The maximum absolute atomic E-state index is 5.17. The lowest BCUT2D eigenvalue weighted by molar-refractivity contribution is 0.414. The Kier molecular flexibility index (Phi) is 3.74. The standard InChI is InChI=1S/C16H15BrN2O/c1-20-13-8-5-12(6-9-13)7-10-15-18-16(17)14-4-2-3-11-19(14)15/h2-6,8-9,11H,7,10H2,1H3. The van der Waals surface area contributed by atoms with Gasteiger partial charge in [0.15, 0.2) is 0 Å². The van der Waals surface area contributed by atoms with E-state index in [4.69, 9.17) is 4.74 Å². The number of methoxy groups -OCH3 is 1. The first kappa shape index (κ1) is 13.2. The molecule has 0 spiro atoms. The van der Waals surface area contributed by atoms with Gasteiger partial charge in [-0.05, 0) is 52.2 Å². The van der Waals surface area contributed by atoms with Crippen LogP contribution in [0.4, 0.5) is 0 Å². The Morgan fingerprint density at radius 3 is 2.65 bits per heavy atom. The molecule has 0 saturated heterocycles. The van der Waals surface area contributed by atoms with Crippen molar-refractivity contribution in [1.82, 2.24) is 9.38 Å². The first-order chi connectivity index (χ1) is 9.78. The van der Waals surface area contributed by atoms with E-state index in [9.17, 15) is 0 Å². The third kappa shape index (κ3) is 2.56. The SMILES string of the molecule is COc1ccc(CCc2nc(Br)c3ccccn23)cc1. The van der Waals surface area contributed by atoms with Gasteiger partial charge in [0.1, 0.15) is 16.2 Å². The lowest BCUT2D eigenvalue weighted by atomic mass is 10.1. The summed E-state index contributed by atoms with van der Waals surface area (Å²) in [5.41, 5.74) is 2.40. The summed E-state index contributed by atoms with van der Waals surface area (Å²) in [6.45, 7) is 0. The molecule has 0 fully saturated rings. The summed E-state index contributed by atoms with van der Waals surface area (Å²) >= 11 is 3.51. The molecule has 0 saturated carbocycles. The van der Waals surface area contributed by atoms with E-state index >= 15 is 0 Å². The topological polar surface area (TPSA) is 26.5 Å². The zero-order valence-corrected chi connectivity index (χ0v) is 12.8. The van der Waals surface area contributed by atoms with Crippen LogP contribution in [0.25, 0.3) is 5.52 Å². The number of nitrogens with zero attached hydrogens (tertiary/aromatic N) is 2. The molecule has 3 nitrogen and oxygen atoms in total. The van der Waals surface area contributed by atoms with Crippen LogP contribution in [0, 0.1) is 0 Å². The molecule has 0 aliphatic carbocycles. The Bertz CT molecular complexity index is 719. The number of ether oxygens (including phenoxy) is 1. The summed E-state index contributed by atoms with van der Waals surface area (Å²) in [4.78, 5) is 4.59. The molecule has 2 heterocycles. The maximum Gasteiger partial charge on any atom is 0.132 e. The first-order valence-electron chi connectivity index (χ1n) is 6.52. The zero-order valence-electron chi connectivity index (χ0n) is 11.2. The normalized spacial score (nSPS) is 10.9. The Labute approximate surface area is 126 Å². The van der Waals surface area contributed by atoms with Crippen molar-refractivity contribution < 1.29 is 4.74 Å². The molecule has 4 heteroatoms. The van der Waals surface area contributed by atoms with Crippen molar-refractivity contribution in [2.45, 2.75) is 12.8 Å². The van der Waals surface area contributed by atoms with Crippen LogP contribution >= 0.6 is 15.9 Å². The quantitative estimate of drug-likeness (QED) is 0.725. The number of pyridine rings is 1. The van der Waals surface area contributed by atoms with E-state index in [0.29, 0.717) is 0 Å². The second-order valence-corrected chi connectivity index (χ2v) is 5.37. The monoisotopic (exact) mass is 330 g/mol. The van der Waals surface area contributed by atoms with Crippen LogP contribution in [0.3, 0.4) is 0 Å². The molecule has 3 aromatic rings. The van der Waals surface area contributed by atoms with Crippen LogP contribution in [0.5, 0.6) is 5.75 Å². The maximum atomic E-state index is 5.17. The van der Waals surface area contributed by atoms with E-state index < -0.39 is 0 Å². The molecule has 3 rings (SSSR count). The summed E-state index contributed by atoms with van der Waals surface area (Å²) in [7, 11) is 1.68. The second kappa shape index (κ2) is 5.67. The zero-order chi connectivity index (χ0) is 13.9. The third-order valence-corrected chi connectivity index (χ3v) is 3.96. The molecular weight excluding hydrogens is 316 g/mol. The van der Waals surface area contributed by atoms with Crippen molar-refractivity contribution in [3.8, 4) is 5.75 Å². The highest BCUT2D eigenvalue weighted by Crippen LogP contribution is 2.20. The van der Waals surface area contributed by atoms with Gasteiger partial charge in [-0.2, -0.15) is 0 Å². The smallest absolute Gasteiger partial charge is 0.132 e. The van der Waals surface area contributed by atoms with Gasteiger partial charge in [0.2, 0.25) is 0 Å². The lowest BCUT2D eigenvalue weighted by Gasteiger charge is -2.03. The van der Waals surface area contributed by atoms with E-state index in [2.05, 4.69) is 49.7 Å². The molecule has 0 aliphatic heterocycles. The van der Waals surface area contributed by atoms with Gasteiger partial charge in [-0.3, -0.25) is 0 Å². The number of aryl methyl sites for hydroxylation is 2. The molecule has 0 amide bonds. The number of halogens is 1. The largest absolute Gasteiger partial charge is 0.497 e. The van der Waals surface area contributed by atoms with Crippen molar-refractivity contribution in [3.05, 3.63) is 64.7 Å². The second-order valence-electron chi connectivity index (χ2n) is 4.62. The molecule has 0 N–H and O–H groups in total. The molecule has 0 atom stereocenters. The van der Waals surface area contributed by atoms with E-state index in [1.54, 1.807) is 7.11 Å². The predicted molar refractivity (Wildman–Crippen MR) is 83.3 cm³/mol. The summed E-state index contributed by atoms with van der Waals surface area (Å²) in [5.74, 6) is 1.96. The van der Waals surface area contributed by atoms with Crippen LogP contribution < -0.4 is 4.74 Å². The highest BCUT2D eigenvalue weighted by atomic mass is 79.9. The van der Waals surface area contributed by atoms with Crippen LogP contribution in [-0.4, -0.2) is 16.5 Å². The van der Waals surface area contributed by atoms with Crippen molar-refractivity contribution in [2.75, 3.05) is 7.11 Å². The molecule has 20 heavy (non-hydrogen) atoms. The van der Waals surface area contributed by atoms with Gasteiger partial charge in [0, 0.05) is 12.6 Å². The summed E-state index contributed by atoms with van der Waals surface area (Å²) in [6, 6.07) is 14.3. The van der Waals surface area contributed by atoms with Gasteiger partial charge in [0.25, 0.3) is 0 Å². The van der Waals surface area contributed by atoms with Crippen molar-refractivity contribution in [1.29, 1.82) is 0 Å². The van der Waals surface area contributed by atoms with Gasteiger partial charge in [0.05, 0.1) is 12.6 Å². The van der Waals surface area contributed by atoms with Crippen LogP contribution in [0.1, 0.15) is 11.4 Å². The molecular formula is C16H15BrN2O. The number of hydrogen-bond acceptors (Lipinski definition) is 2. The molecule has 0 bridgehead atoms. The summed E-state index contributed by atoms with van der Waals surface area (Å²) in [6.07, 6.45) is 3.92. The number of rotatable bonds is 4. The number of aromatic nitrogens is 2. The van der Waals surface area contributed by atoms with Gasteiger partial charge in [-0.1, -0.05) is 18.2 Å². The lowest BCUT2D eigenvalue weighted by Crippen LogP contribution is -1.97. The van der Waals surface area contributed by atoms with Crippen LogP contribution in [0.15, 0.2) is 53.3 Å². The molecule has 102 valence electrons. The summed E-state index contributed by atoms with van der Waals surface area (Å²) < 4.78 is 8.21. The highest BCUT2D eigenvalue weighted by molar-refractivity contribution is 9.10. The Balaban J connectivity index is 1.79.